The quantitative estimate of drug-likeness (QED) is 0.435. The van der Waals surface area contributed by atoms with Gasteiger partial charge in [-0.1, -0.05) is 40.7 Å². The van der Waals surface area contributed by atoms with Crippen molar-refractivity contribution in [2.45, 2.75) is 65.3 Å². The predicted octanol–water partition coefficient (Wildman–Crippen LogP) is 4.61. The third kappa shape index (κ3) is 4.52. The Morgan fingerprint density at radius 1 is 1.13 bits per heavy atom. The predicted molar refractivity (Wildman–Crippen MR) is 71.7 cm³/mol. The molecule has 1 atom stereocenters. The summed E-state index contributed by atoms with van der Waals surface area (Å²) >= 11 is 0. The SMILES string of the molecule is C=CCC(O[Si](CC)(CC)CC)C(C)C. The molecule has 0 bridgehead atoms. The second-order valence-electron chi connectivity index (χ2n) is 4.67. The molecule has 90 valence electrons. The summed E-state index contributed by atoms with van der Waals surface area (Å²) in [4.78, 5) is 0. The molecule has 0 rings (SSSR count). The molecule has 0 heterocycles. The van der Waals surface area contributed by atoms with Crippen LogP contribution in [-0.4, -0.2) is 14.4 Å². The van der Waals surface area contributed by atoms with Crippen molar-refractivity contribution >= 4 is 8.32 Å². The summed E-state index contributed by atoms with van der Waals surface area (Å²) in [5.41, 5.74) is 0. The van der Waals surface area contributed by atoms with Crippen LogP contribution < -0.4 is 0 Å². The van der Waals surface area contributed by atoms with Crippen molar-refractivity contribution in [3.63, 3.8) is 0 Å². The van der Waals surface area contributed by atoms with Gasteiger partial charge < -0.3 is 4.43 Å². The summed E-state index contributed by atoms with van der Waals surface area (Å²) < 4.78 is 6.46. The molecule has 0 aromatic rings. The highest BCUT2D eigenvalue weighted by Gasteiger charge is 2.32. The fourth-order valence-electron chi connectivity index (χ4n) is 1.94. The van der Waals surface area contributed by atoms with Crippen molar-refractivity contribution in [2.75, 3.05) is 0 Å². The fraction of sp³-hybridized carbons (Fsp3) is 0.846. The van der Waals surface area contributed by atoms with Crippen molar-refractivity contribution in [3.8, 4) is 0 Å². The summed E-state index contributed by atoms with van der Waals surface area (Å²) in [6.45, 7) is 15.2. The molecule has 0 N–H and O–H groups in total. The van der Waals surface area contributed by atoms with Crippen molar-refractivity contribution in [3.05, 3.63) is 12.7 Å². The van der Waals surface area contributed by atoms with Gasteiger partial charge in [-0.05, 0) is 30.5 Å². The Bertz CT molecular complexity index is 165. The largest absolute Gasteiger partial charge is 0.413 e. The molecule has 0 aromatic carbocycles. The average Bonchev–Trinajstić information content (AvgIpc) is 2.24. The molecule has 0 aliphatic heterocycles. The molecular formula is C13H28OSi. The zero-order valence-electron chi connectivity index (χ0n) is 11.2. The number of hydrogen-bond acceptors (Lipinski definition) is 1. The minimum atomic E-state index is -1.43. The minimum Gasteiger partial charge on any atom is -0.413 e. The lowest BCUT2D eigenvalue weighted by Crippen LogP contribution is -2.41. The summed E-state index contributed by atoms with van der Waals surface area (Å²) in [6.07, 6.45) is 3.37. The third-order valence-corrected chi connectivity index (χ3v) is 8.15. The van der Waals surface area contributed by atoms with E-state index in [-0.39, 0.29) is 0 Å². The molecule has 0 aliphatic carbocycles. The normalized spacial score (nSPS) is 14.3. The third-order valence-electron chi connectivity index (χ3n) is 3.48. The number of hydrogen-bond donors (Lipinski definition) is 0. The van der Waals surface area contributed by atoms with Crippen LogP contribution >= 0.6 is 0 Å². The van der Waals surface area contributed by atoms with Crippen LogP contribution in [-0.2, 0) is 4.43 Å². The molecule has 0 fully saturated rings. The molecular weight excluding hydrogens is 200 g/mol. The van der Waals surface area contributed by atoms with Crippen LogP contribution in [0, 0.1) is 5.92 Å². The monoisotopic (exact) mass is 228 g/mol. The van der Waals surface area contributed by atoms with Crippen LogP contribution in [0.4, 0.5) is 0 Å². The van der Waals surface area contributed by atoms with Gasteiger partial charge in [0, 0.05) is 0 Å². The van der Waals surface area contributed by atoms with Crippen molar-refractivity contribution in [2.24, 2.45) is 5.92 Å². The van der Waals surface area contributed by atoms with Crippen LogP contribution in [0.25, 0.3) is 0 Å². The first kappa shape index (κ1) is 14.9. The Balaban J connectivity index is 4.52. The van der Waals surface area contributed by atoms with E-state index in [9.17, 15) is 0 Å². The van der Waals surface area contributed by atoms with E-state index in [1.807, 2.05) is 6.08 Å². The van der Waals surface area contributed by atoms with Crippen LogP contribution in [0.15, 0.2) is 12.7 Å². The van der Waals surface area contributed by atoms with E-state index in [4.69, 9.17) is 4.43 Å². The molecule has 1 unspecified atom stereocenters. The number of rotatable bonds is 8. The van der Waals surface area contributed by atoms with Gasteiger partial charge in [0.2, 0.25) is 0 Å². The zero-order valence-corrected chi connectivity index (χ0v) is 12.2. The highest BCUT2D eigenvalue weighted by atomic mass is 28.4. The van der Waals surface area contributed by atoms with E-state index in [0.717, 1.165) is 6.42 Å². The maximum atomic E-state index is 6.46. The van der Waals surface area contributed by atoms with Gasteiger partial charge >= 0.3 is 0 Å². The lowest BCUT2D eigenvalue weighted by Gasteiger charge is -2.34. The summed E-state index contributed by atoms with van der Waals surface area (Å²) in [7, 11) is -1.43. The molecule has 0 spiro atoms. The minimum absolute atomic E-state index is 0.383. The Kier molecular flexibility index (Phi) is 7.19. The standard InChI is InChI=1S/C13H28OSi/c1-7-11-13(12(5)6)14-15(8-2,9-3)10-4/h7,12-13H,1,8-11H2,2-6H3. The molecule has 15 heavy (non-hydrogen) atoms. The van der Waals surface area contributed by atoms with Gasteiger partial charge in [-0.2, -0.15) is 0 Å². The van der Waals surface area contributed by atoms with E-state index < -0.39 is 8.32 Å². The van der Waals surface area contributed by atoms with Gasteiger partial charge in [-0.3, -0.25) is 0 Å². The Morgan fingerprint density at radius 3 is 1.87 bits per heavy atom. The van der Waals surface area contributed by atoms with E-state index in [2.05, 4.69) is 41.2 Å². The summed E-state index contributed by atoms with van der Waals surface area (Å²) in [5.74, 6) is 0.597. The summed E-state index contributed by atoms with van der Waals surface area (Å²) in [6, 6.07) is 3.71. The first-order valence-corrected chi connectivity index (χ1v) is 8.86. The maximum absolute atomic E-state index is 6.46. The topological polar surface area (TPSA) is 9.23 Å². The highest BCUT2D eigenvalue weighted by molar-refractivity contribution is 6.73. The maximum Gasteiger partial charge on any atom is 0.192 e. The summed E-state index contributed by atoms with van der Waals surface area (Å²) in [5, 5.41) is 0. The molecule has 2 heteroatoms. The molecule has 0 aliphatic rings. The van der Waals surface area contributed by atoms with Crippen molar-refractivity contribution < 1.29 is 4.43 Å². The fourth-order valence-corrected chi connectivity index (χ4v) is 4.95. The van der Waals surface area contributed by atoms with Crippen LogP contribution in [0.1, 0.15) is 41.0 Å². The lowest BCUT2D eigenvalue weighted by atomic mass is 10.1. The van der Waals surface area contributed by atoms with Gasteiger partial charge in [0.15, 0.2) is 8.32 Å². The molecule has 1 nitrogen and oxygen atoms in total. The average molecular weight is 228 g/mol. The molecule has 0 aromatic heterocycles. The Morgan fingerprint density at radius 2 is 1.60 bits per heavy atom. The van der Waals surface area contributed by atoms with E-state index >= 15 is 0 Å². The van der Waals surface area contributed by atoms with E-state index in [0.29, 0.717) is 12.0 Å². The Hall–Kier alpha value is -0.0831. The first-order valence-electron chi connectivity index (χ1n) is 6.33. The first-order chi connectivity index (χ1) is 7.05. The molecule has 0 saturated heterocycles. The van der Waals surface area contributed by atoms with E-state index in [1.54, 1.807) is 0 Å². The van der Waals surface area contributed by atoms with Gasteiger partial charge in [-0.15, -0.1) is 6.58 Å². The van der Waals surface area contributed by atoms with Crippen molar-refractivity contribution in [1.82, 2.24) is 0 Å². The van der Waals surface area contributed by atoms with Crippen LogP contribution in [0.5, 0.6) is 0 Å². The molecule has 0 amide bonds. The van der Waals surface area contributed by atoms with Gasteiger partial charge in [0.05, 0.1) is 6.10 Å². The second-order valence-corrected chi connectivity index (χ2v) is 9.39. The highest BCUT2D eigenvalue weighted by Crippen LogP contribution is 2.26. The van der Waals surface area contributed by atoms with Crippen LogP contribution in [0.2, 0.25) is 18.1 Å². The smallest absolute Gasteiger partial charge is 0.192 e. The van der Waals surface area contributed by atoms with Gasteiger partial charge in [0.1, 0.15) is 0 Å². The molecule has 0 saturated carbocycles. The lowest BCUT2D eigenvalue weighted by molar-refractivity contribution is 0.141. The van der Waals surface area contributed by atoms with Gasteiger partial charge in [-0.25, -0.2) is 0 Å². The van der Waals surface area contributed by atoms with Crippen molar-refractivity contribution in [1.29, 1.82) is 0 Å². The Labute approximate surface area is 97.0 Å². The van der Waals surface area contributed by atoms with Crippen LogP contribution in [0.3, 0.4) is 0 Å². The second kappa shape index (κ2) is 7.23. The zero-order chi connectivity index (χ0) is 11.9. The van der Waals surface area contributed by atoms with E-state index in [1.165, 1.54) is 18.1 Å². The molecule has 0 radical (unpaired) electrons. The van der Waals surface area contributed by atoms with Gasteiger partial charge in [0.25, 0.3) is 0 Å².